The Morgan fingerprint density at radius 3 is 2.71 bits per heavy atom. The first-order valence-electron chi connectivity index (χ1n) is 12.6. The second kappa shape index (κ2) is 13.7. The summed E-state index contributed by atoms with van der Waals surface area (Å²) in [5.74, 6) is -4.19. The molecule has 1 heterocycles. The number of aliphatic carboxylic acids is 1. The zero-order valence-electron chi connectivity index (χ0n) is 20.1. The molecule has 1 N–H and O–H groups in total. The highest BCUT2D eigenvalue weighted by atomic mass is 19.3. The van der Waals surface area contributed by atoms with Gasteiger partial charge in [-0.1, -0.05) is 30.4 Å². The smallest absolute Gasteiger partial charge is 0.303 e. The Labute approximate surface area is 205 Å². The summed E-state index contributed by atoms with van der Waals surface area (Å²) >= 11 is 0. The van der Waals surface area contributed by atoms with Gasteiger partial charge in [0.2, 0.25) is 0 Å². The normalized spacial score (nSPS) is 25.3. The van der Waals surface area contributed by atoms with E-state index in [-0.39, 0.29) is 31.0 Å². The number of para-hydroxylation sites is 1. The van der Waals surface area contributed by atoms with Crippen LogP contribution in [-0.2, 0) is 19.1 Å². The lowest BCUT2D eigenvalue weighted by Crippen LogP contribution is -2.33. The van der Waals surface area contributed by atoms with Crippen molar-refractivity contribution in [1.29, 1.82) is 0 Å². The van der Waals surface area contributed by atoms with Gasteiger partial charge in [-0.25, -0.2) is 8.78 Å². The number of benzene rings is 1. The van der Waals surface area contributed by atoms with E-state index in [2.05, 4.69) is 0 Å². The van der Waals surface area contributed by atoms with Crippen molar-refractivity contribution in [2.75, 3.05) is 13.2 Å². The average Bonchev–Trinajstić information content (AvgIpc) is 3.13. The van der Waals surface area contributed by atoms with Gasteiger partial charge in [0.1, 0.15) is 11.5 Å². The topological polar surface area (TPSA) is 82.1 Å². The number of carbonyl (C=O) groups is 2. The number of unbranched alkanes of at least 4 members (excludes halogenated alkanes) is 1. The molecule has 1 saturated carbocycles. The molecule has 1 aromatic rings. The van der Waals surface area contributed by atoms with Gasteiger partial charge in [0.05, 0.1) is 6.10 Å². The van der Waals surface area contributed by atoms with Crippen LogP contribution in [0, 0.1) is 11.8 Å². The number of hydrogen-bond donors (Lipinski definition) is 1. The zero-order valence-corrected chi connectivity index (χ0v) is 20.1. The molecular weight excluding hydrogens is 458 g/mol. The summed E-state index contributed by atoms with van der Waals surface area (Å²) in [6, 6.07) is 8.52. The van der Waals surface area contributed by atoms with Crippen LogP contribution >= 0.6 is 0 Å². The summed E-state index contributed by atoms with van der Waals surface area (Å²) in [7, 11) is 0. The number of ketones is 1. The van der Waals surface area contributed by atoms with Gasteiger partial charge in [0.25, 0.3) is 5.92 Å². The predicted octanol–water partition coefficient (Wildman–Crippen LogP) is 5.80. The van der Waals surface area contributed by atoms with E-state index < -0.39 is 43.2 Å². The molecule has 0 spiro atoms. The Morgan fingerprint density at radius 1 is 1.20 bits per heavy atom. The Kier molecular flexibility index (Phi) is 10.7. The highest BCUT2D eigenvalue weighted by molar-refractivity contribution is 5.84. The van der Waals surface area contributed by atoms with Gasteiger partial charge in [-0.05, 0) is 63.0 Å². The maximum Gasteiger partial charge on any atom is 0.303 e. The van der Waals surface area contributed by atoms with Crippen LogP contribution in [0.4, 0.5) is 8.78 Å². The van der Waals surface area contributed by atoms with Crippen LogP contribution in [0.5, 0.6) is 5.75 Å². The SMILES string of the molecule is O=C(O)CCCC=CC[C@H]1C(=O)C[C@@H](OC2CCCCO2)[C@@H]1CCC(F)(F)COc1ccccc1. The minimum absolute atomic E-state index is 0.0230. The van der Waals surface area contributed by atoms with E-state index in [4.69, 9.17) is 19.3 Å². The van der Waals surface area contributed by atoms with E-state index in [0.29, 0.717) is 31.6 Å². The second-order valence-corrected chi connectivity index (χ2v) is 9.40. The highest BCUT2D eigenvalue weighted by Crippen LogP contribution is 2.40. The summed E-state index contributed by atoms with van der Waals surface area (Å²) in [6.45, 7) is -0.115. The molecule has 1 unspecified atom stereocenters. The third-order valence-corrected chi connectivity index (χ3v) is 6.63. The van der Waals surface area contributed by atoms with Crippen molar-refractivity contribution in [1.82, 2.24) is 0 Å². The number of halogens is 2. The first-order valence-corrected chi connectivity index (χ1v) is 12.6. The van der Waals surface area contributed by atoms with Crippen LogP contribution in [0.1, 0.15) is 64.2 Å². The Bertz CT molecular complexity index is 822. The van der Waals surface area contributed by atoms with E-state index >= 15 is 0 Å². The third kappa shape index (κ3) is 9.33. The van der Waals surface area contributed by atoms with Crippen molar-refractivity contribution in [2.45, 2.75) is 82.5 Å². The van der Waals surface area contributed by atoms with Crippen LogP contribution in [0.25, 0.3) is 0 Å². The molecule has 0 bridgehead atoms. The molecule has 2 aliphatic rings. The molecule has 0 aromatic heterocycles. The molecule has 4 atom stereocenters. The van der Waals surface area contributed by atoms with Crippen LogP contribution < -0.4 is 4.74 Å². The fourth-order valence-corrected chi connectivity index (χ4v) is 4.74. The van der Waals surface area contributed by atoms with Crippen molar-refractivity contribution in [2.24, 2.45) is 11.8 Å². The standard InChI is InChI=1S/C27H36F2O6/c28-27(29,19-34-20-10-4-3-5-11-20)16-15-22-21(12-6-1-2-7-13-25(31)32)23(30)18-24(22)35-26-14-8-9-17-33-26/h1,3-6,10-11,21-22,24,26H,2,7-9,12-19H2,(H,31,32)/t21-,22-,24-,26?/m1/s1. The van der Waals surface area contributed by atoms with Gasteiger partial charge >= 0.3 is 5.97 Å². The zero-order chi connectivity index (χ0) is 25.1. The van der Waals surface area contributed by atoms with Gasteiger partial charge in [-0.15, -0.1) is 0 Å². The van der Waals surface area contributed by atoms with Gasteiger partial charge in [0.15, 0.2) is 12.9 Å². The van der Waals surface area contributed by atoms with Gasteiger partial charge in [-0.2, -0.15) is 0 Å². The number of hydrogen-bond acceptors (Lipinski definition) is 5. The largest absolute Gasteiger partial charge is 0.487 e. The van der Waals surface area contributed by atoms with Crippen molar-refractivity contribution in [3.63, 3.8) is 0 Å². The average molecular weight is 495 g/mol. The van der Waals surface area contributed by atoms with E-state index in [0.717, 1.165) is 19.3 Å². The Hall–Kier alpha value is -2.32. The quantitative estimate of drug-likeness (QED) is 0.260. The summed E-state index contributed by atoms with van der Waals surface area (Å²) in [5.41, 5.74) is 0. The lowest BCUT2D eigenvalue weighted by molar-refractivity contribution is -0.197. The molecule has 194 valence electrons. The van der Waals surface area contributed by atoms with Crippen molar-refractivity contribution < 1.29 is 37.7 Å². The molecule has 0 radical (unpaired) electrons. The highest BCUT2D eigenvalue weighted by Gasteiger charge is 2.45. The van der Waals surface area contributed by atoms with Crippen molar-refractivity contribution in [3.8, 4) is 5.75 Å². The van der Waals surface area contributed by atoms with Gasteiger partial charge < -0.3 is 19.3 Å². The molecule has 1 aliphatic carbocycles. The van der Waals surface area contributed by atoms with E-state index in [1.54, 1.807) is 30.3 Å². The van der Waals surface area contributed by atoms with E-state index in [9.17, 15) is 18.4 Å². The first kappa shape index (κ1) is 27.3. The summed E-state index contributed by atoms with van der Waals surface area (Å²) in [6.07, 6.45) is 7.19. The summed E-state index contributed by atoms with van der Waals surface area (Å²) < 4.78 is 46.5. The fourth-order valence-electron chi connectivity index (χ4n) is 4.74. The molecule has 6 nitrogen and oxygen atoms in total. The summed E-state index contributed by atoms with van der Waals surface area (Å²) in [5, 5.41) is 8.74. The van der Waals surface area contributed by atoms with Crippen LogP contribution in [-0.4, -0.2) is 48.4 Å². The molecule has 0 amide bonds. The van der Waals surface area contributed by atoms with Crippen LogP contribution in [0.3, 0.4) is 0 Å². The van der Waals surface area contributed by atoms with Crippen LogP contribution in [0.15, 0.2) is 42.5 Å². The maximum atomic E-state index is 14.7. The molecule has 1 aliphatic heterocycles. The molecule has 3 rings (SSSR count). The number of Topliss-reactive ketones (excluding diaryl/α,β-unsaturated/α-hetero) is 1. The molecule has 2 fully saturated rings. The number of carboxylic acids is 1. The van der Waals surface area contributed by atoms with E-state index in [1.807, 2.05) is 12.2 Å². The summed E-state index contributed by atoms with van der Waals surface area (Å²) in [4.78, 5) is 23.5. The van der Waals surface area contributed by atoms with Crippen LogP contribution in [0.2, 0.25) is 0 Å². The molecule has 8 heteroatoms. The number of carboxylic acid groups (broad SMARTS) is 1. The molecule has 35 heavy (non-hydrogen) atoms. The van der Waals surface area contributed by atoms with E-state index in [1.165, 1.54) is 0 Å². The maximum absolute atomic E-state index is 14.7. The first-order chi connectivity index (χ1) is 16.8. The predicted molar refractivity (Wildman–Crippen MR) is 126 cm³/mol. The Morgan fingerprint density at radius 2 is 2.00 bits per heavy atom. The number of ether oxygens (including phenoxy) is 3. The second-order valence-electron chi connectivity index (χ2n) is 9.40. The minimum Gasteiger partial charge on any atom is -0.487 e. The van der Waals surface area contributed by atoms with Gasteiger partial charge in [0, 0.05) is 31.8 Å². The third-order valence-electron chi connectivity index (χ3n) is 6.63. The van der Waals surface area contributed by atoms with Crippen molar-refractivity contribution >= 4 is 11.8 Å². The number of alkyl halides is 2. The lowest BCUT2D eigenvalue weighted by Gasteiger charge is -2.30. The van der Waals surface area contributed by atoms with Gasteiger partial charge in [-0.3, -0.25) is 9.59 Å². The lowest BCUT2D eigenvalue weighted by atomic mass is 9.86. The Balaban J connectivity index is 1.59. The number of rotatable bonds is 14. The fraction of sp³-hybridized carbons (Fsp3) is 0.630. The molecular formula is C27H36F2O6. The monoisotopic (exact) mass is 494 g/mol. The molecule has 1 saturated heterocycles. The molecule has 1 aromatic carbocycles. The number of carbonyl (C=O) groups excluding carboxylic acids is 1. The van der Waals surface area contributed by atoms with Crippen molar-refractivity contribution in [3.05, 3.63) is 42.5 Å². The number of allylic oxidation sites excluding steroid dienone is 2. The minimum atomic E-state index is -3.04.